The SMILES string of the molecule is Cc1cc(-n2nc3c(c2-n2cc[nH]c2=O)[C@H](C)NCC3)cc(C)c1F. The van der Waals surface area contributed by atoms with Gasteiger partial charge >= 0.3 is 5.69 Å². The number of halogens is 1. The molecule has 2 N–H and O–H groups in total. The number of nitrogens with zero attached hydrogens (tertiary/aromatic N) is 3. The smallest absolute Gasteiger partial charge is 0.312 e. The standard InChI is InChI=1S/C18H20FN5O/c1-10-8-13(9-11(2)16(10)19)24-17(23-7-6-21-18(23)25)15-12(3)20-5-4-14(15)22-24/h6-9,12,20H,4-5H2,1-3H3,(H,21,25)/t12-/m0/s1. The van der Waals surface area contributed by atoms with Gasteiger partial charge in [-0.1, -0.05) is 0 Å². The first kappa shape index (κ1) is 15.8. The van der Waals surface area contributed by atoms with Crippen LogP contribution in [0.4, 0.5) is 4.39 Å². The van der Waals surface area contributed by atoms with Gasteiger partial charge in [-0.25, -0.2) is 13.9 Å². The minimum atomic E-state index is -0.225. The summed E-state index contributed by atoms with van der Waals surface area (Å²) >= 11 is 0. The van der Waals surface area contributed by atoms with Gasteiger partial charge in [-0.2, -0.15) is 5.10 Å². The van der Waals surface area contributed by atoms with Gasteiger partial charge in [0.1, 0.15) is 11.6 Å². The average Bonchev–Trinajstić information content (AvgIpc) is 3.16. The van der Waals surface area contributed by atoms with Crippen molar-refractivity contribution in [3.05, 3.63) is 63.2 Å². The van der Waals surface area contributed by atoms with Gasteiger partial charge in [-0.3, -0.25) is 4.57 Å². The number of benzene rings is 1. The van der Waals surface area contributed by atoms with Crippen LogP contribution in [0.2, 0.25) is 0 Å². The van der Waals surface area contributed by atoms with Crippen LogP contribution < -0.4 is 11.0 Å². The Kier molecular flexibility index (Phi) is 3.61. The Balaban J connectivity index is 2.04. The third kappa shape index (κ3) is 2.42. The van der Waals surface area contributed by atoms with Gasteiger partial charge in [-0.05, 0) is 44.0 Å². The van der Waals surface area contributed by atoms with Crippen molar-refractivity contribution in [2.45, 2.75) is 33.2 Å². The van der Waals surface area contributed by atoms with Gasteiger partial charge in [0.15, 0.2) is 0 Å². The maximum absolute atomic E-state index is 14.1. The number of nitrogens with one attached hydrogen (secondary N) is 2. The topological polar surface area (TPSA) is 67.6 Å². The Morgan fingerprint density at radius 2 is 2.00 bits per heavy atom. The molecule has 1 aliphatic heterocycles. The third-order valence-corrected chi connectivity index (χ3v) is 4.76. The number of H-pyrrole nitrogens is 1. The highest BCUT2D eigenvalue weighted by atomic mass is 19.1. The molecule has 7 heteroatoms. The van der Waals surface area contributed by atoms with Gasteiger partial charge in [-0.15, -0.1) is 0 Å². The van der Waals surface area contributed by atoms with Crippen LogP contribution in [0, 0.1) is 19.7 Å². The fourth-order valence-corrected chi connectivity index (χ4v) is 3.55. The van der Waals surface area contributed by atoms with Gasteiger partial charge in [0.25, 0.3) is 0 Å². The summed E-state index contributed by atoms with van der Waals surface area (Å²) in [5.74, 6) is 0.488. The van der Waals surface area contributed by atoms with E-state index in [1.165, 1.54) is 0 Å². The molecular weight excluding hydrogens is 321 g/mol. The van der Waals surface area contributed by atoms with E-state index in [1.54, 1.807) is 47.6 Å². The summed E-state index contributed by atoms with van der Waals surface area (Å²) in [5.41, 5.74) is 3.61. The zero-order chi connectivity index (χ0) is 17.7. The summed E-state index contributed by atoms with van der Waals surface area (Å²) in [6.45, 7) is 6.38. The summed E-state index contributed by atoms with van der Waals surface area (Å²) < 4.78 is 17.4. The zero-order valence-corrected chi connectivity index (χ0v) is 14.4. The monoisotopic (exact) mass is 341 g/mol. The molecule has 0 saturated carbocycles. The molecule has 130 valence electrons. The lowest BCUT2D eigenvalue weighted by Gasteiger charge is -2.20. The Bertz CT molecular complexity index is 990. The quantitative estimate of drug-likeness (QED) is 0.752. The minimum absolute atomic E-state index is 0.0805. The Hall–Kier alpha value is -2.67. The lowest BCUT2D eigenvalue weighted by atomic mass is 10.0. The van der Waals surface area contributed by atoms with Crippen LogP contribution in [0.15, 0.2) is 29.3 Å². The highest BCUT2D eigenvalue weighted by molar-refractivity contribution is 5.50. The van der Waals surface area contributed by atoms with E-state index in [0.29, 0.717) is 16.9 Å². The molecule has 1 atom stereocenters. The second-order valence-corrected chi connectivity index (χ2v) is 6.55. The van der Waals surface area contributed by atoms with Crippen LogP contribution in [0.3, 0.4) is 0 Å². The predicted molar refractivity (Wildman–Crippen MR) is 93.1 cm³/mol. The van der Waals surface area contributed by atoms with Crippen molar-refractivity contribution in [3.8, 4) is 11.5 Å². The molecule has 0 unspecified atom stereocenters. The lowest BCUT2D eigenvalue weighted by molar-refractivity contribution is 0.536. The average molecular weight is 341 g/mol. The molecule has 2 aromatic heterocycles. The van der Waals surface area contributed by atoms with E-state index in [9.17, 15) is 9.18 Å². The normalized spacial score (nSPS) is 16.9. The molecule has 0 saturated heterocycles. The first-order valence-electron chi connectivity index (χ1n) is 8.36. The summed E-state index contributed by atoms with van der Waals surface area (Å²) in [6, 6.07) is 3.61. The number of imidazole rings is 1. The van der Waals surface area contributed by atoms with Crippen molar-refractivity contribution in [2.24, 2.45) is 0 Å². The van der Waals surface area contributed by atoms with E-state index in [-0.39, 0.29) is 17.5 Å². The minimum Gasteiger partial charge on any atom is -0.312 e. The molecule has 0 aliphatic carbocycles. The molecule has 0 radical (unpaired) electrons. The molecule has 6 nitrogen and oxygen atoms in total. The van der Waals surface area contributed by atoms with E-state index in [4.69, 9.17) is 5.10 Å². The van der Waals surface area contributed by atoms with Crippen molar-refractivity contribution in [2.75, 3.05) is 6.54 Å². The number of aryl methyl sites for hydroxylation is 2. The van der Waals surface area contributed by atoms with E-state index < -0.39 is 0 Å². The van der Waals surface area contributed by atoms with Crippen LogP contribution >= 0.6 is 0 Å². The Morgan fingerprint density at radius 1 is 1.28 bits per heavy atom. The van der Waals surface area contributed by atoms with Crippen LogP contribution in [0.1, 0.15) is 35.3 Å². The van der Waals surface area contributed by atoms with E-state index >= 15 is 0 Å². The summed E-state index contributed by atoms with van der Waals surface area (Å²) in [5, 5.41) is 8.18. The second-order valence-electron chi connectivity index (χ2n) is 6.55. The van der Waals surface area contributed by atoms with Crippen molar-refractivity contribution in [1.82, 2.24) is 24.6 Å². The number of hydrogen-bond acceptors (Lipinski definition) is 3. The molecule has 0 spiro atoms. The van der Waals surface area contributed by atoms with Crippen molar-refractivity contribution >= 4 is 0 Å². The first-order chi connectivity index (χ1) is 12.0. The number of rotatable bonds is 2. The number of aromatic nitrogens is 4. The lowest BCUT2D eigenvalue weighted by Crippen LogP contribution is -2.29. The summed E-state index contributed by atoms with van der Waals surface area (Å²) in [6.07, 6.45) is 4.09. The third-order valence-electron chi connectivity index (χ3n) is 4.76. The van der Waals surface area contributed by atoms with Gasteiger partial charge in [0, 0.05) is 37.0 Å². The molecule has 0 amide bonds. The van der Waals surface area contributed by atoms with E-state index in [1.807, 2.05) is 0 Å². The number of fused-ring (bicyclic) bond motifs is 1. The molecular formula is C18H20FN5O. The maximum atomic E-state index is 14.1. The van der Waals surface area contributed by atoms with Crippen LogP contribution in [-0.2, 0) is 6.42 Å². The van der Waals surface area contributed by atoms with Crippen LogP contribution in [0.5, 0.6) is 0 Å². The molecule has 4 rings (SSSR count). The fourth-order valence-electron chi connectivity index (χ4n) is 3.55. The van der Waals surface area contributed by atoms with Crippen molar-refractivity contribution < 1.29 is 4.39 Å². The maximum Gasteiger partial charge on any atom is 0.331 e. The van der Waals surface area contributed by atoms with Crippen LogP contribution in [0.25, 0.3) is 11.5 Å². The number of hydrogen-bond donors (Lipinski definition) is 2. The van der Waals surface area contributed by atoms with E-state index in [2.05, 4.69) is 17.2 Å². The van der Waals surface area contributed by atoms with Gasteiger partial charge in [0.05, 0.1) is 11.4 Å². The van der Waals surface area contributed by atoms with Gasteiger partial charge < -0.3 is 10.3 Å². The molecule has 3 aromatic rings. The summed E-state index contributed by atoms with van der Waals surface area (Å²) in [4.78, 5) is 14.9. The molecule has 0 fully saturated rings. The van der Waals surface area contributed by atoms with Gasteiger partial charge in [0.2, 0.25) is 0 Å². The van der Waals surface area contributed by atoms with E-state index in [0.717, 1.165) is 29.9 Å². The Labute approximate surface area is 144 Å². The second kappa shape index (κ2) is 5.70. The predicted octanol–water partition coefficient (Wildman–Crippen LogP) is 2.31. The highest BCUT2D eigenvalue weighted by Crippen LogP contribution is 2.31. The molecule has 3 heterocycles. The summed E-state index contributed by atoms with van der Waals surface area (Å²) in [7, 11) is 0. The molecule has 1 aromatic carbocycles. The first-order valence-corrected chi connectivity index (χ1v) is 8.36. The molecule has 1 aliphatic rings. The van der Waals surface area contributed by atoms with Crippen molar-refractivity contribution in [3.63, 3.8) is 0 Å². The fraction of sp³-hybridized carbons (Fsp3) is 0.333. The Morgan fingerprint density at radius 3 is 2.64 bits per heavy atom. The van der Waals surface area contributed by atoms with Crippen LogP contribution in [-0.4, -0.2) is 25.9 Å². The zero-order valence-electron chi connectivity index (χ0n) is 14.4. The molecule has 0 bridgehead atoms. The largest absolute Gasteiger partial charge is 0.331 e. The highest BCUT2D eigenvalue weighted by Gasteiger charge is 2.28. The van der Waals surface area contributed by atoms with Crippen molar-refractivity contribution in [1.29, 1.82) is 0 Å². The number of aromatic amines is 1. The molecule has 25 heavy (non-hydrogen) atoms.